The van der Waals surface area contributed by atoms with Crippen molar-refractivity contribution in [3.05, 3.63) is 0 Å². The summed E-state index contributed by atoms with van der Waals surface area (Å²) in [4.78, 5) is 10.4. The van der Waals surface area contributed by atoms with Crippen molar-refractivity contribution < 1.29 is 9.53 Å². The lowest BCUT2D eigenvalue weighted by Gasteiger charge is -2.20. The lowest BCUT2D eigenvalue weighted by atomic mass is 10.1. The molecular formula is C9H19NO2. The summed E-state index contributed by atoms with van der Waals surface area (Å²) in [5.74, 6) is -0.203. The number of rotatable bonds is 4. The Morgan fingerprint density at radius 3 is 2.42 bits per heavy atom. The number of carbonyl (C=O) groups is 1. The van der Waals surface area contributed by atoms with Gasteiger partial charge in [-0.1, -0.05) is 0 Å². The van der Waals surface area contributed by atoms with Gasteiger partial charge in [-0.3, -0.25) is 4.79 Å². The fraction of sp³-hybridized carbons (Fsp3) is 0.889. The Bertz CT molecular complexity index is 138. The van der Waals surface area contributed by atoms with Gasteiger partial charge in [0.05, 0.1) is 6.61 Å². The minimum Gasteiger partial charge on any atom is -0.466 e. The van der Waals surface area contributed by atoms with Crippen LogP contribution in [-0.4, -0.2) is 24.7 Å². The highest BCUT2D eigenvalue weighted by Crippen LogP contribution is 1.97. The molecular weight excluding hydrogens is 154 g/mol. The van der Waals surface area contributed by atoms with E-state index in [1.54, 1.807) is 0 Å². The normalized spacial score (nSPS) is 11.3. The maximum absolute atomic E-state index is 10.4. The lowest BCUT2D eigenvalue weighted by Crippen LogP contribution is -2.36. The van der Waals surface area contributed by atoms with Crippen molar-refractivity contribution >= 4 is 5.97 Å². The second-order valence-corrected chi connectivity index (χ2v) is 3.87. The van der Waals surface area contributed by atoms with Gasteiger partial charge in [0.1, 0.15) is 0 Å². The highest BCUT2D eigenvalue weighted by Gasteiger charge is 2.06. The number of ether oxygens (including phenoxy) is 1. The van der Waals surface area contributed by atoms with Crippen LogP contribution in [0.1, 0.15) is 34.1 Å². The molecule has 0 heterocycles. The van der Waals surface area contributed by atoms with Crippen LogP contribution in [0, 0.1) is 0 Å². The quantitative estimate of drug-likeness (QED) is 0.515. The fourth-order valence-corrected chi connectivity index (χ4v) is 0.751. The summed E-state index contributed by atoms with van der Waals surface area (Å²) in [5, 5.41) is 3.30. The molecule has 72 valence electrons. The van der Waals surface area contributed by atoms with Crippen molar-refractivity contribution in [1.82, 2.24) is 5.32 Å². The minimum atomic E-state index is -0.203. The van der Waals surface area contributed by atoms with Crippen LogP contribution in [0.5, 0.6) is 0 Å². The molecule has 0 aliphatic heterocycles. The molecule has 0 fully saturated rings. The van der Waals surface area contributed by atoms with E-state index in [1.807, 2.05) is 0 Å². The van der Waals surface area contributed by atoms with Crippen LogP contribution in [0.15, 0.2) is 0 Å². The molecule has 0 spiro atoms. The zero-order chi connectivity index (χ0) is 9.61. The number of hydrogen-bond donors (Lipinski definition) is 1. The molecule has 3 nitrogen and oxygen atoms in total. The molecule has 0 aromatic heterocycles. The van der Waals surface area contributed by atoms with Gasteiger partial charge in [0.25, 0.3) is 0 Å². The first-order chi connectivity index (χ1) is 5.42. The topological polar surface area (TPSA) is 38.3 Å². The Labute approximate surface area is 74.5 Å². The molecule has 0 rings (SSSR count). The predicted molar refractivity (Wildman–Crippen MR) is 49.0 cm³/mol. The molecule has 3 heteroatoms. The summed E-state index contributed by atoms with van der Waals surface area (Å²) < 4.78 is 4.78. The van der Waals surface area contributed by atoms with E-state index < -0.39 is 0 Å². The van der Waals surface area contributed by atoms with Crippen LogP contribution in [0.4, 0.5) is 0 Å². The predicted octanol–water partition coefficient (Wildman–Crippen LogP) is 1.33. The van der Waals surface area contributed by atoms with Crippen molar-refractivity contribution in [3.8, 4) is 0 Å². The molecule has 0 aromatic carbocycles. The molecule has 12 heavy (non-hydrogen) atoms. The molecule has 0 amide bonds. The van der Waals surface area contributed by atoms with Crippen LogP contribution in [-0.2, 0) is 9.53 Å². The largest absolute Gasteiger partial charge is 0.466 e. The molecule has 0 unspecified atom stereocenters. The van der Waals surface area contributed by atoms with E-state index >= 15 is 0 Å². The summed E-state index contributed by atoms with van der Waals surface area (Å²) in [7, 11) is 0. The number of hydrogen-bond acceptors (Lipinski definition) is 3. The molecule has 0 saturated heterocycles. The molecule has 0 radical (unpaired) electrons. The zero-order valence-corrected chi connectivity index (χ0v) is 8.44. The maximum atomic E-state index is 10.4. The summed E-state index contributed by atoms with van der Waals surface area (Å²) >= 11 is 0. The zero-order valence-electron chi connectivity index (χ0n) is 8.44. The molecule has 0 saturated carbocycles. The van der Waals surface area contributed by atoms with Crippen molar-refractivity contribution in [1.29, 1.82) is 0 Å². The average Bonchev–Trinajstić information content (AvgIpc) is 1.83. The van der Waals surface area contributed by atoms with E-state index in [9.17, 15) is 4.79 Å². The first kappa shape index (κ1) is 11.4. The van der Waals surface area contributed by atoms with Gasteiger partial charge in [-0.2, -0.15) is 0 Å². The van der Waals surface area contributed by atoms with E-state index in [0.29, 0.717) is 6.61 Å². The molecule has 0 aliphatic carbocycles. The Kier molecular flexibility index (Phi) is 4.90. The Balaban J connectivity index is 3.17. The van der Waals surface area contributed by atoms with E-state index in [1.165, 1.54) is 6.92 Å². The Morgan fingerprint density at radius 1 is 1.42 bits per heavy atom. The van der Waals surface area contributed by atoms with Crippen LogP contribution in [0.3, 0.4) is 0 Å². The third-order valence-electron chi connectivity index (χ3n) is 1.28. The number of nitrogens with one attached hydrogen (secondary N) is 1. The van der Waals surface area contributed by atoms with Crippen molar-refractivity contribution in [2.45, 2.75) is 39.7 Å². The van der Waals surface area contributed by atoms with Crippen LogP contribution in [0.2, 0.25) is 0 Å². The first-order valence-electron chi connectivity index (χ1n) is 4.30. The standard InChI is InChI=1S/C9H19NO2/c1-8(11)12-7-5-6-10-9(2,3)4/h10H,5-7H2,1-4H3. The number of esters is 1. The highest BCUT2D eigenvalue weighted by atomic mass is 16.5. The Morgan fingerprint density at radius 2 is 2.00 bits per heavy atom. The lowest BCUT2D eigenvalue weighted by molar-refractivity contribution is -0.141. The average molecular weight is 173 g/mol. The summed E-state index contributed by atoms with van der Waals surface area (Å²) in [5.41, 5.74) is 0.149. The molecule has 0 aliphatic rings. The second kappa shape index (κ2) is 5.14. The van der Waals surface area contributed by atoms with Crippen LogP contribution >= 0.6 is 0 Å². The molecule has 0 bridgehead atoms. The third kappa shape index (κ3) is 9.43. The summed E-state index contributed by atoms with van der Waals surface area (Å²) in [6.45, 7) is 9.16. The van der Waals surface area contributed by atoms with E-state index in [-0.39, 0.29) is 11.5 Å². The first-order valence-corrected chi connectivity index (χ1v) is 4.30. The van der Waals surface area contributed by atoms with E-state index in [0.717, 1.165) is 13.0 Å². The van der Waals surface area contributed by atoms with Gasteiger partial charge in [0.15, 0.2) is 0 Å². The molecule has 1 N–H and O–H groups in total. The van der Waals surface area contributed by atoms with Crippen LogP contribution in [0.25, 0.3) is 0 Å². The maximum Gasteiger partial charge on any atom is 0.302 e. The van der Waals surface area contributed by atoms with Gasteiger partial charge < -0.3 is 10.1 Å². The Hall–Kier alpha value is -0.570. The van der Waals surface area contributed by atoms with Gasteiger partial charge in [-0.05, 0) is 33.7 Å². The van der Waals surface area contributed by atoms with E-state index in [2.05, 4.69) is 26.1 Å². The number of carbonyl (C=O) groups excluding carboxylic acids is 1. The van der Waals surface area contributed by atoms with Crippen molar-refractivity contribution in [2.24, 2.45) is 0 Å². The highest BCUT2D eigenvalue weighted by molar-refractivity contribution is 5.65. The van der Waals surface area contributed by atoms with Gasteiger partial charge in [-0.15, -0.1) is 0 Å². The van der Waals surface area contributed by atoms with E-state index in [4.69, 9.17) is 4.74 Å². The third-order valence-corrected chi connectivity index (χ3v) is 1.28. The monoisotopic (exact) mass is 173 g/mol. The SMILES string of the molecule is CC(=O)OCCCNC(C)(C)C. The van der Waals surface area contributed by atoms with Crippen LogP contribution < -0.4 is 5.32 Å². The van der Waals surface area contributed by atoms with Crippen molar-refractivity contribution in [3.63, 3.8) is 0 Å². The van der Waals surface area contributed by atoms with Gasteiger partial charge >= 0.3 is 5.97 Å². The summed E-state index contributed by atoms with van der Waals surface area (Å²) in [6.07, 6.45) is 0.872. The molecule has 0 atom stereocenters. The van der Waals surface area contributed by atoms with Crippen molar-refractivity contribution in [2.75, 3.05) is 13.2 Å². The van der Waals surface area contributed by atoms with Gasteiger partial charge in [-0.25, -0.2) is 0 Å². The minimum absolute atomic E-state index is 0.149. The smallest absolute Gasteiger partial charge is 0.302 e. The molecule has 0 aromatic rings. The van der Waals surface area contributed by atoms with Gasteiger partial charge in [0, 0.05) is 12.5 Å². The summed E-state index contributed by atoms with van der Waals surface area (Å²) in [6, 6.07) is 0. The second-order valence-electron chi connectivity index (χ2n) is 3.87. The van der Waals surface area contributed by atoms with Gasteiger partial charge in [0.2, 0.25) is 0 Å². The fourth-order valence-electron chi connectivity index (χ4n) is 0.751.